The molecule has 2 aliphatic rings. The Kier molecular flexibility index (Phi) is 4.33. The number of methoxy groups -OCH3 is 1. The largest absolute Gasteiger partial charge is 0.496 e. The Labute approximate surface area is 136 Å². The summed E-state index contributed by atoms with van der Waals surface area (Å²) in [6.45, 7) is 1.00. The van der Waals surface area contributed by atoms with Gasteiger partial charge in [-0.25, -0.2) is 8.42 Å². The Bertz CT molecular complexity index is 722. The van der Waals surface area contributed by atoms with Gasteiger partial charge in [0.1, 0.15) is 5.75 Å². The van der Waals surface area contributed by atoms with Gasteiger partial charge in [-0.15, -0.1) is 0 Å². The Morgan fingerprint density at radius 3 is 2.57 bits per heavy atom. The summed E-state index contributed by atoms with van der Waals surface area (Å²) in [5, 5.41) is 9.55. The maximum Gasteiger partial charge on any atom is 0.311 e. The molecule has 7 heteroatoms. The molecule has 1 saturated heterocycles. The molecule has 1 atom stereocenters. The first-order valence-corrected chi connectivity index (χ1v) is 9.33. The van der Waals surface area contributed by atoms with E-state index >= 15 is 0 Å². The highest BCUT2D eigenvalue weighted by Gasteiger charge is 2.37. The van der Waals surface area contributed by atoms with Crippen molar-refractivity contribution in [2.75, 3.05) is 20.2 Å². The lowest BCUT2D eigenvalue weighted by Crippen LogP contribution is -2.31. The van der Waals surface area contributed by atoms with Gasteiger partial charge in [0.25, 0.3) is 0 Å². The fraction of sp³-hybridized carbons (Fsp3) is 0.562. The molecular formula is C16H21NO5S. The van der Waals surface area contributed by atoms with Gasteiger partial charge in [0.15, 0.2) is 0 Å². The highest BCUT2D eigenvalue weighted by molar-refractivity contribution is 7.89. The molecule has 126 valence electrons. The molecule has 1 fully saturated rings. The van der Waals surface area contributed by atoms with Crippen LogP contribution in [-0.2, 0) is 21.2 Å². The standard InChI is InChI=1S/C16H21NO5S/c1-22-13-7-8-14(23(20,21)17-9-2-3-10-17)15-11(13)5-4-6-12(15)16(18)19/h7-8,12H,2-6,9-10H2,1H3,(H,18,19). The first-order valence-electron chi connectivity index (χ1n) is 7.89. The molecule has 1 aliphatic heterocycles. The third kappa shape index (κ3) is 2.72. The van der Waals surface area contributed by atoms with Crippen LogP contribution in [0.3, 0.4) is 0 Å². The molecular weight excluding hydrogens is 318 g/mol. The summed E-state index contributed by atoms with van der Waals surface area (Å²) in [6, 6.07) is 3.15. The maximum absolute atomic E-state index is 13.0. The fourth-order valence-corrected chi connectivity index (χ4v) is 5.42. The van der Waals surface area contributed by atoms with Gasteiger partial charge in [-0.05, 0) is 55.4 Å². The Balaban J connectivity index is 2.20. The van der Waals surface area contributed by atoms with E-state index in [9.17, 15) is 18.3 Å². The average molecular weight is 339 g/mol. The van der Waals surface area contributed by atoms with E-state index in [1.165, 1.54) is 17.5 Å². The summed E-state index contributed by atoms with van der Waals surface area (Å²) in [4.78, 5) is 11.8. The monoisotopic (exact) mass is 339 g/mol. The third-order valence-corrected chi connectivity index (χ3v) is 6.70. The molecule has 23 heavy (non-hydrogen) atoms. The number of hydrogen-bond donors (Lipinski definition) is 1. The molecule has 3 rings (SSSR count). The number of benzene rings is 1. The predicted octanol–water partition coefficient (Wildman–Crippen LogP) is 1.98. The summed E-state index contributed by atoms with van der Waals surface area (Å²) >= 11 is 0. The summed E-state index contributed by atoms with van der Waals surface area (Å²) in [6.07, 6.45) is 3.51. The molecule has 1 unspecified atom stereocenters. The van der Waals surface area contributed by atoms with Crippen LogP contribution in [0.4, 0.5) is 0 Å². The second-order valence-electron chi connectivity index (χ2n) is 6.05. The Morgan fingerprint density at radius 1 is 1.26 bits per heavy atom. The van der Waals surface area contributed by atoms with E-state index in [1.54, 1.807) is 6.07 Å². The number of fused-ring (bicyclic) bond motifs is 1. The zero-order chi connectivity index (χ0) is 16.6. The van der Waals surface area contributed by atoms with Crippen LogP contribution < -0.4 is 4.74 Å². The van der Waals surface area contributed by atoms with E-state index in [2.05, 4.69) is 0 Å². The number of sulfonamides is 1. The summed E-state index contributed by atoms with van der Waals surface area (Å²) < 4.78 is 32.7. The van der Waals surface area contributed by atoms with E-state index < -0.39 is 21.9 Å². The van der Waals surface area contributed by atoms with Crippen molar-refractivity contribution < 1.29 is 23.1 Å². The normalized spacial score (nSPS) is 21.9. The number of carboxylic acid groups (broad SMARTS) is 1. The summed E-state index contributed by atoms with van der Waals surface area (Å²) in [5.41, 5.74) is 1.15. The second-order valence-corrected chi connectivity index (χ2v) is 7.96. The van der Waals surface area contributed by atoms with Gasteiger partial charge in [0.2, 0.25) is 10.0 Å². The van der Waals surface area contributed by atoms with Crippen molar-refractivity contribution in [3.63, 3.8) is 0 Å². The molecule has 0 radical (unpaired) electrons. The number of hydrogen-bond acceptors (Lipinski definition) is 4. The highest BCUT2D eigenvalue weighted by atomic mass is 32.2. The van der Waals surface area contributed by atoms with E-state index in [0.29, 0.717) is 43.7 Å². The van der Waals surface area contributed by atoms with Crippen LogP contribution in [0.15, 0.2) is 17.0 Å². The van der Waals surface area contributed by atoms with Gasteiger partial charge in [-0.3, -0.25) is 4.79 Å². The zero-order valence-electron chi connectivity index (χ0n) is 13.1. The topological polar surface area (TPSA) is 83.9 Å². The van der Waals surface area contributed by atoms with Crippen molar-refractivity contribution in [2.24, 2.45) is 0 Å². The summed E-state index contributed by atoms with van der Waals surface area (Å²) in [7, 11) is -2.13. The smallest absolute Gasteiger partial charge is 0.311 e. The van der Waals surface area contributed by atoms with Crippen molar-refractivity contribution in [3.05, 3.63) is 23.3 Å². The number of ether oxygens (including phenoxy) is 1. The summed E-state index contributed by atoms with van der Waals surface area (Å²) in [5.74, 6) is -1.19. The molecule has 1 aliphatic carbocycles. The number of rotatable bonds is 4. The molecule has 0 spiro atoms. The minimum absolute atomic E-state index is 0.141. The molecule has 1 heterocycles. The van der Waals surface area contributed by atoms with Crippen LogP contribution in [0.2, 0.25) is 0 Å². The molecule has 6 nitrogen and oxygen atoms in total. The highest BCUT2D eigenvalue weighted by Crippen LogP contribution is 2.41. The van der Waals surface area contributed by atoms with Crippen LogP contribution in [0.5, 0.6) is 5.75 Å². The number of carbonyl (C=O) groups is 1. The lowest BCUT2D eigenvalue weighted by Gasteiger charge is -2.28. The molecule has 0 saturated carbocycles. The van der Waals surface area contributed by atoms with E-state index in [0.717, 1.165) is 18.4 Å². The van der Waals surface area contributed by atoms with Gasteiger partial charge in [0.05, 0.1) is 17.9 Å². The van der Waals surface area contributed by atoms with Crippen molar-refractivity contribution in [1.82, 2.24) is 4.31 Å². The van der Waals surface area contributed by atoms with Gasteiger partial charge >= 0.3 is 5.97 Å². The van der Waals surface area contributed by atoms with Gasteiger partial charge in [0, 0.05) is 13.1 Å². The average Bonchev–Trinajstić information content (AvgIpc) is 3.08. The van der Waals surface area contributed by atoms with Crippen molar-refractivity contribution >= 4 is 16.0 Å². The first kappa shape index (κ1) is 16.3. The minimum Gasteiger partial charge on any atom is -0.496 e. The minimum atomic E-state index is -3.66. The van der Waals surface area contributed by atoms with Gasteiger partial charge in [-0.2, -0.15) is 4.31 Å². The van der Waals surface area contributed by atoms with E-state index in [1.807, 2.05) is 0 Å². The molecule has 1 N–H and O–H groups in total. The Hall–Kier alpha value is -1.60. The van der Waals surface area contributed by atoms with E-state index in [4.69, 9.17) is 4.74 Å². The van der Waals surface area contributed by atoms with Crippen molar-refractivity contribution in [3.8, 4) is 5.75 Å². The molecule has 0 amide bonds. The molecule has 1 aromatic rings. The van der Waals surface area contributed by atoms with E-state index in [-0.39, 0.29) is 4.90 Å². The SMILES string of the molecule is COc1ccc(S(=O)(=O)N2CCCC2)c2c1CCCC2C(=O)O. The number of aliphatic carboxylic acids is 1. The molecule has 1 aromatic carbocycles. The lowest BCUT2D eigenvalue weighted by atomic mass is 9.82. The van der Waals surface area contributed by atoms with Gasteiger partial charge < -0.3 is 9.84 Å². The quantitative estimate of drug-likeness (QED) is 0.907. The Morgan fingerprint density at radius 2 is 1.96 bits per heavy atom. The number of carboxylic acids is 1. The molecule has 0 bridgehead atoms. The van der Waals surface area contributed by atoms with Gasteiger partial charge in [-0.1, -0.05) is 0 Å². The zero-order valence-corrected chi connectivity index (χ0v) is 13.9. The van der Waals surface area contributed by atoms with Crippen LogP contribution in [0, 0.1) is 0 Å². The van der Waals surface area contributed by atoms with Crippen LogP contribution in [0.25, 0.3) is 0 Å². The van der Waals surface area contributed by atoms with Crippen molar-refractivity contribution in [2.45, 2.75) is 42.9 Å². The molecule has 0 aromatic heterocycles. The van der Waals surface area contributed by atoms with Crippen LogP contribution in [0.1, 0.15) is 42.7 Å². The van der Waals surface area contributed by atoms with Crippen LogP contribution in [-0.4, -0.2) is 44.0 Å². The first-order chi connectivity index (χ1) is 11.0. The maximum atomic E-state index is 13.0. The lowest BCUT2D eigenvalue weighted by molar-refractivity contribution is -0.139. The number of nitrogens with zero attached hydrogens (tertiary/aromatic N) is 1. The third-order valence-electron chi connectivity index (χ3n) is 4.74. The second kappa shape index (κ2) is 6.13. The predicted molar refractivity (Wildman–Crippen MR) is 84.3 cm³/mol. The van der Waals surface area contributed by atoms with Crippen LogP contribution >= 0.6 is 0 Å². The fourth-order valence-electron chi connectivity index (χ4n) is 3.62. The van der Waals surface area contributed by atoms with Crippen molar-refractivity contribution in [1.29, 1.82) is 0 Å².